The summed E-state index contributed by atoms with van der Waals surface area (Å²) in [6.07, 6.45) is 0.227. The molecular formula is C15H14N4O5. The number of rotatable bonds is 7. The highest BCUT2D eigenvalue weighted by Crippen LogP contribution is 2.29. The molecule has 9 heteroatoms. The van der Waals surface area contributed by atoms with Crippen molar-refractivity contribution in [3.8, 4) is 0 Å². The van der Waals surface area contributed by atoms with Crippen LogP contribution in [-0.4, -0.2) is 21.8 Å². The molecule has 124 valence electrons. The zero-order valence-corrected chi connectivity index (χ0v) is 12.4. The van der Waals surface area contributed by atoms with E-state index in [-0.39, 0.29) is 12.1 Å². The number of hydrogen-bond donors (Lipinski definition) is 2. The first-order valence-corrected chi connectivity index (χ1v) is 6.91. The monoisotopic (exact) mass is 330 g/mol. The normalized spacial score (nSPS) is 11.5. The summed E-state index contributed by atoms with van der Waals surface area (Å²) in [6, 6.07) is 11.2. The highest BCUT2D eigenvalue weighted by molar-refractivity contribution is 5.84. The number of nitro groups is 2. The second-order valence-corrected chi connectivity index (χ2v) is 5.00. The number of nitrogens with zero attached hydrogens (tertiary/aromatic N) is 2. The number of nitro benzene ring substituents is 2. The number of non-ortho nitro benzene ring substituents is 1. The van der Waals surface area contributed by atoms with Gasteiger partial charge in [-0.2, -0.15) is 0 Å². The van der Waals surface area contributed by atoms with Crippen LogP contribution in [0.1, 0.15) is 5.56 Å². The van der Waals surface area contributed by atoms with Gasteiger partial charge in [0.25, 0.3) is 11.4 Å². The summed E-state index contributed by atoms with van der Waals surface area (Å²) in [5, 5.41) is 24.6. The van der Waals surface area contributed by atoms with E-state index >= 15 is 0 Å². The molecule has 1 unspecified atom stereocenters. The molecule has 0 aromatic heterocycles. The summed E-state index contributed by atoms with van der Waals surface area (Å²) in [5.41, 5.74) is 5.26. The highest BCUT2D eigenvalue weighted by atomic mass is 16.6. The van der Waals surface area contributed by atoms with Gasteiger partial charge in [-0.1, -0.05) is 30.3 Å². The zero-order valence-electron chi connectivity index (χ0n) is 12.4. The minimum absolute atomic E-state index is 0.00895. The number of nitrogens with two attached hydrogens (primary N) is 1. The molecule has 24 heavy (non-hydrogen) atoms. The van der Waals surface area contributed by atoms with Crippen molar-refractivity contribution in [3.63, 3.8) is 0 Å². The van der Waals surface area contributed by atoms with Crippen LogP contribution >= 0.6 is 0 Å². The van der Waals surface area contributed by atoms with Crippen molar-refractivity contribution in [3.05, 3.63) is 74.3 Å². The first-order valence-electron chi connectivity index (χ1n) is 6.91. The van der Waals surface area contributed by atoms with E-state index in [1.54, 1.807) is 24.3 Å². The van der Waals surface area contributed by atoms with Gasteiger partial charge in [-0.25, -0.2) is 0 Å². The van der Waals surface area contributed by atoms with Crippen LogP contribution in [0.3, 0.4) is 0 Å². The van der Waals surface area contributed by atoms with Crippen LogP contribution in [-0.2, 0) is 11.2 Å². The molecule has 0 fully saturated rings. The SMILES string of the molecule is NC(=O)C(Cc1ccccc1)Nc1ccc([N+](=O)[O-])cc1[N+](=O)[O-]. The average molecular weight is 330 g/mol. The van der Waals surface area contributed by atoms with Crippen LogP contribution in [0.4, 0.5) is 17.1 Å². The molecule has 2 rings (SSSR count). The van der Waals surface area contributed by atoms with E-state index in [0.717, 1.165) is 17.7 Å². The molecule has 0 spiro atoms. The third kappa shape index (κ3) is 4.03. The van der Waals surface area contributed by atoms with E-state index in [2.05, 4.69) is 5.32 Å². The van der Waals surface area contributed by atoms with Crippen molar-refractivity contribution < 1.29 is 14.6 Å². The Labute approximate surface area is 136 Å². The lowest BCUT2D eigenvalue weighted by Crippen LogP contribution is -2.37. The van der Waals surface area contributed by atoms with Crippen molar-refractivity contribution in [2.24, 2.45) is 5.73 Å². The molecule has 0 saturated heterocycles. The number of carbonyl (C=O) groups excluding carboxylic acids is 1. The Morgan fingerprint density at radius 1 is 1.08 bits per heavy atom. The van der Waals surface area contributed by atoms with E-state index in [0.29, 0.717) is 0 Å². The molecule has 9 nitrogen and oxygen atoms in total. The molecule has 0 aliphatic carbocycles. The Bertz CT molecular complexity index is 779. The summed E-state index contributed by atoms with van der Waals surface area (Å²) >= 11 is 0. The first kappa shape index (κ1) is 16.9. The predicted molar refractivity (Wildman–Crippen MR) is 86.5 cm³/mol. The fourth-order valence-electron chi connectivity index (χ4n) is 2.17. The van der Waals surface area contributed by atoms with Gasteiger partial charge in [0.15, 0.2) is 0 Å². The number of anilines is 1. The molecule has 0 radical (unpaired) electrons. The van der Waals surface area contributed by atoms with Crippen LogP contribution in [0.2, 0.25) is 0 Å². The molecule has 2 aromatic carbocycles. The minimum Gasteiger partial charge on any atom is -0.368 e. The summed E-state index contributed by atoms with van der Waals surface area (Å²) in [5.74, 6) is -0.688. The van der Waals surface area contributed by atoms with Gasteiger partial charge in [0.2, 0.25) is 5.91 Å². The molecule has 0 heterocycles. The summed E-state index contributed by atoms with van der Waals surface area (Å²) in [6.45, 7) is 0. The number of nitrogens with one attached hydrogen (secondary N) is 1. The maximum absolute atomic E-state index is 11.6. The molecule has 1 atom stereocenters. The molecule has 0 saturated carbocycles. The lowest BCUT2D eigenvalue weighted by atomic mass is 10.0. The number of carbonyl (C=O) groups is 1. The van der Waals surface area contributed by atoms with E-state index in [9.17, 15) is 25.0 Å². The van der Waals surface area contributed by atoms with Crippen LogP contribution in [0.15, 0.2) is 48.5 Å². The van der Waals surface area contributed by atoms with Crippen molar-refractivity contribution in [1.29, 1.82) is 0 Å². The molecular weight excluding hydrogens is 316 g/mol. The lowest BCUT2D eigenvalue weighted by Gasteiger charge is -2.16. The topological polar surface area (TPSA) is 141 Å². The van der Waals surface area contributed by atoms with Crippen molar-refractivity contribution in [2.75, 3.05) is 5.32 Å². The van der Waals surface area contributed by atoms with Gasteiger partial charge in [0, 0.05) is 12.5 Å². The Morgan fingerprint density at radius 2 is 1.75 bits per heavy atom. The van der Waals surface area contributed by atoms with E-state index in [1.807, 2.05) is 6.07 Å². The second-order valence-electron chi connectivity index (χ2n) is 5.00. The highest BCUT2D eigenvalue weighted by Gasteiger charge is 2.23. The molecule has 3 N–H and O–H groups in total. The lowest BCUT2D eigenvalue weighted by molar-refractivity contribution is -0.393. The zero-order chi connectivity index (χ0) is 17.7. The van der Waals surface area contributed by atoms with Gasteiger partial charge in [-0.05, 0) is 11.6 Å². The smallest absolute Gasteiger partial charge is 0.299 e. The summed E-state index contributed by atoms with van der Waals surface area (Å²) in [7, 11) is 0. The van der Waals surface area contributed by atoms with Crippen molar-refractivity contribution >= 4 is 23.0 Å². The largest absolute Gasteiger partial charge is 0.368 e. The summed E-state index contributed by atoms with van der Waals surface area (Å²) in [4.78, 5) is 32.0. The third-order valence-electron chi connectivity index (χ3n) is 3.34. The number of hydrogen-bond acceptors (Lipinski definition) is 6. The Hall–Kier alpha value is -3.49. The van der Waals surface area contributed by atoms with Gasteiger partial charge < -0.3 is 11.1 Å². The fourth-order valence-corrected chi connectivity index (χ4v) is 2.17. The fraction of sp³-hybridized carbons (Fsp3) is 0.133. The van der Waals surface area contributed by atoms with Gasteiger partial charge >= 0.3 is 0 Å². The molecule has 0 bridgehead atoms. The van der Waals surface area contributed by atoms with Crippen LogP contribution in [0.5, 0.6) is 0 Å². The third-order valence-corrected chi connectivity index (χ3v) is 3.34. The maximum atomic E-state index is 11.6. The molecule has 0 aliphatic rings. The average Bonchev–Trinajstić information content (AvgIpc) is 2.55. The van der Waals surface area contributed by atoms with Gasteiger partial charge in [0.05, 0.1) is 15.9 Å². The number of amides is 1. The van der Waals surface area contributed by atoms with E-state index < -0.39 is 33.2 Å². The Kier molecular flexibility index (Phi) is 5.05. The molecule has 2 aromatic rings. The molecule has 1 amide bonds. The van der Waals surface area contributed by atoms with Crippen molar-refractivity contribution in [1.82, 2.24) is 0 Å². The number of benzene rings is 2. The standard InChI is InChI=1S/C15H14N4O5/c16-15(20)13(8-10-4-2-1-3-5-10)17-12-7-6-11(18(21)22)9-14(12)19(23)24/h1-7,9,13,17H,8H2,(H2,16,20). The van der Waals surface area contributed by atoms with Crippen LogP contribution in [0.25, 0.3) is 0 Å². The quantitative estimate of drug-likeness (QED) is 0.587. The van der Waals surface area contributed by atoms with Gasteiger partial charge in [0.1, 0.15) is 11.7 Å². The Morgan fingerprint density at radius 3 is 2.29 bits per heavy atom. The summed E-state index contributed by atoms with van der Waals surface area (Å²) < 4.78 is 0. The molecule has 0 aliphatic heterocycles. The second kappa shape index (κ2) is 7.18. The Balaban J connectivity index is 2.30. The van der Waals surface area contributed by atoms with Crippen LogP contribution < -0.4 is 11.1 Å². The first-order chi connectivity index (χ1) is 11.4. The maximum Gasteiger partial charge on any atom is 0.299 e. The van der Waals surface area contributed by atoms with Crippen LogP contribution in [0, 0.1) is 20.2 Å². The van der Waals surface area contributed by atoms with E-state index in [4.69, 9.17) is 5.73 Å². The predicted octanol–water partition coefficient (Wildman–Crippen LogP) is 2.01. The number of primary amides is 1. The van der Waals surface area contributed by atoms with E-state index in [1.165, 1.54) is 6.07 Å². The van der Waals surface area contributed by atoms with Gasteiger partial charge in [-0.15, -0.1) is 0 Å². The van der Waals surface area contributed by atoms with Crippen molar-refractivity contribution in [2.45, 2.75) is 12.5 Å². The minimum atomic E-state index is -0.896. The van der Waals surface area contributed by atoms with Gasteiger partial charge in [-0.3, -0.25) is 25.0 Å².